The van der Waals surface area contributed by atoms with Gasteiger partial charge in [-0.2, -0.15) is 0 Å². The van der Waals surface area contributed by atoms with E-state index in [9.17, 15) is 14.0 Å². The predicted molar refractivity (Wildman–Crippen MR) is 140 cm³/mol. The molecule has 2 fully saturated rings. The molecule has 3 atom stereocenters. The summed E-state index contributed by atoms with van der Waals surface area (Å²) < 4.78 is 13.7. The SMILES string of the molecule is CNC(C)(C(N)=O)[C@@H](C(=O)N1CCC[C@H]1c1cc(N2CCc3cc(F)ccc32)ncn1)C1CCCCC1. The molecule has 5 rings (SSSR count). The molecule has 9 heteroatoms. The van der Waals surface area contributed by atoms with Crippen LogP contribution in [0.5, 0.6) is 0 Å². The Morgan fingerprint density at radius 1 is 1.11 bits per heavy atom. The molecule has 2 aromatic rings. The Morgan fingerprint density at radius 3 is 2.62 bits per heavy atom. The quantitative estimate of drug-likeness (QED) is 0.592. The average molecular weight is 509 g/mol. The molecule has 1 saturated heterocycles. The lowest BCUT2D eigenvalue weighted by molar-refractivity contribution is -0.147. The Hall–Kier alpha value is -3.07. The highest BCUT2D eigenvalue weighted by Crippen LogP contribution is 2.41. The van der Waals surface area contributed by atoms with Crippen LogP contribution in [0.3, 0.4) is 0 Å². The minimum absolute atomic E-state index is 0.0211. The lowest BCUT2D eigenvalue weighted by Crippen LogP contribution is -2.63. The number of carbonyl (C=O) groups excluding carboxylic acids is 2. The number of aromatic nitrogens is 2. The van der Waals surface area contributed by atoms with Gasteiger partial charge in [-0.1, -0.05) is 19.3 Å². The predicted octanol–water partition coefficient (Wildman–Crippen LogP) is 3.63. The second kappa shape index (κ2) is 10.4. The standard InChI is InChI=1S/C28H37FN6O2/c1-28(31-2,27(30)37)25(18-7-4-3-5-8-18)26(36)35-13-6-9-23(35)21-16-24(33-17-32-21)34-14-12-19-15-20(29)10-11-22(19)34/h10-11,15-18,23,25,31H,3-9,12-14H2,1-2H3,(H2,30,37)/t23-,25+,28?/m0/s1. The van der Waals surface area contributed by atoms with Crippen LogP contribution in [0, 0.1) is 17.7 Å². The monoisotopic (exact) mass is 508 g/mol. The summed E-state index contributed by atoms with van der Waals surface area (Å²) >= 11 is 0. The molecule has 37 heavy (non-hydrogen) atoms. The van der Waals surface area contributed by atoms with E-state index in [-0.39, 0.29) is 23.7 Å². The van der Waals surface area contributed by atoms with Gasteiger partial charge < -0.3 is 20.9 Å². The summed E-state index contributed by atoms with van der Waals surface area (Å²) in [5.41, 5.74) is 7.47. The molecule has 1 aromatic carbocycles. The molecule has 3 heterocycles. The van der Waals surface area contributed by atoms with Crippen LogP contribution >= 0.6 is 0 Å². The van der Waals surface area contributed by atoms with Crippen LogP contribution in [0.15, 0.2) is 30.6 Å². The number of carbonyl (C=O) groups is 2. The maximum absolute atomic E-state index is 14.3. The van der Waals surface area contributed by atoms with Gasteiger partial charge in [0, 0.05) is 24.8 Å². The van der Waals surface area contributed by atoms with Gasteiger partial charge in [0.1, 0.15) is 23.5 Å². The van der Waals surface area contributed by atoms with Gasteiger partial charge in [-0.3, -0.25) is 9.59 Å². The van der Waals surface area contributed by atoms with E-state index in [2.05, 4.69) is 20.2 Å². The number of nitrogens with two attached hydrogens (primary N) is 1. The molecule has 0 bridgehead atoms. The first kappa shape index (κ1) is 25.6. The van der Waals surface area contributed by atoms with Crippen LogP contribution < -0.4 is 16.0 Å². The third kappa shape index (κ3) is 4.69. The number of benzene rings is 1. The van der Waals surface area contributed by atoms with Gasteiger partial charge in [-0.25, -0.2) is 14.4 Å². The van der Waals surface area contributed by atoms with Gasteiger partial charge in [-0.05, 0) is 75.8 Å². The van der Waals surface area contributed by atoms with Crippen LogP contribution in [0.25, 0.3) is 0 Å². The van der Waals surface area contributed by atoms with Crippen LogP contribution in [0.1, 0.15) is 69.2 Å². The zero-order chi connectivity index (χ0) is 26.2. The molecule has 1 aliphatic carbocycles. The van der Waals surface area contributed by atoms with E-state index in [0.717, 1.165) is 74.1 Å². The van der Waals surface area contributed by atoms with Crippen molar-refractivity contribution in [2.75, 3.05) is 25.0 Å². The number of nitrogens with one attached hydrogen (secondary N) is 1. The number of primary amides is 1. The first-order valence-electron chi connectivity index (χ1n) is 13.5. The number of rotatable bonds is 7. The molecule has 2 amide bonds. The Morgan fingerprint density at radius 2 is 1.89 bits per heavy atom. The number of halogens is 1. The van der Waals surface area contributed by atoms with E-state index in [1.54, 1.807) is 32.4 Å². The molecule has 2 aliphatic heterocycles. The van der Waals surface area contributed by atoms with E-state index < -0.39 is 17.4 Å². The van der Waals surface area contributed by atoms with Crippen LogP contribution in [0.4, 0.5) is 15.9 Å². The lowest BCUT2D eigenvalue weighted by Gasteiger charge is -2.42. The minimum atomic E-state index is -1.13. The van der Waals surface area contributed by atoms with Crippen LogP contribution in [0.2, 0.25) is 0 Å². The van der Waals surface area contributed by atoms with E-state index in [4.69, 9.17) is 5.73 Å². The van der Waals surface area contributed by atoms with Gasteiger partial charge in [0.25, 0.3) is 0 Å². The molecular weight excluding hydrogens is 471 g/mol. The fraction of sp³-hybridized carbons (Fsp3) is 0.571. The van der Waals surface area contributed by atoms with Gasteiger partial charge in [-0.15, -0.1) is 0 Å². The average Bonchev–Trinajstić information content (AvgIpc) is 3.56. The van der Waals surface area contributed by atoms with Gasteiger partial charge in [0.15, 0.2) is 0 Å². The number of nitrogens with zero attached hydrogens (tertiary/aromatic N) is 4. The van der Waals surface area contributed by atoms with Crippen LogP contribution in [-0.2, 0) is 16.0 Å². The Balaban J connectivity index is 1.44. The Labute approximate surface area is 217 Å². The fourth-order valence-corrected chi connectivity index (χ4v) is 6.64. The first-order valence-corrected chi connectivity index (χ1v) is 13.5. The second-order valence-corrected chi connectivity index (χ2v) is 10.9. The Bertz CT molecular complexity index is 1170. The third-order valence-electron chi connectivity index (χ3n) is 8.81. The second-order valence-electron chi connectivity index (χ2n) is 10.9. The summed E-state index contributed by atoms with van der Waals surface area (Å²) in [4.78, 5) is 40.0. The van der Waals surface area contributed by atoms with E-state index in [0.29, 0.717) is 13.1 Å². The minimum Gasteiger partial charge on any atom is -0.368 e. The molecule has 1 saturated carbocycles. The number of anilines is 2. The van der Waals surface area contributed by atoms with Crippen molar-refractivity contribution in [2.24, 2.45) is 17.6 Å². The van der Waals surface area contributed by atoms with Crippen LogP contribution in [-0.4, -0.2) is 52.4 Å². The first-order chi connectivity index (χ1) is 17.8. The van der Waals surface area contributed by atoms with Crippen molar-refractivity contribution in [2.45, 2.75) is 69.9 Å². The number of hydrogen-bond donors (Lipinski definition) is 2. The molecule has 198 valence electrons. The molecule has 3 aliphatic rings. The lowest BCUT2D eigenvalue weighted by atomic mass is 9.69. The zero-order valence-corrected chi connectivity index (χ0v) is 21.8. The maximum Gasteiger partial charge on any atom is 0.238 e. The molecular formula is C28H37FN6O2. The molecule has 1 unspecified atom stereocenters. The number of likely N-dealkylation sites (N-methyl/N-ethyl adjacent to an activating group) is 1. The van der Waals surface area contributed by atoms with E-state index in [1.807, 2.05) is 11.0 Å². The summed E-state index contributed by atoms with van der Waals surface area (Å²) in [5.74, 6) is -0.431. The van der Waals surface area contributed by atoms with Crippen molar-refractivity contribution in [1.82, 2.24) is 20.2 Å². The number of likely N-dealkylation sites (tertiary alicyclic amines) is 1. The fourth-order valence-electron chi connectivity index (χ4n) is 6.64. The van der Waals surface area contributed by atoms with Gasteiger partial charge in [0.2, 0.25) is 11.8 Å². The third-order valence-corrected chi connectivity index (χ3v) is 8.81. The smallest absolute Gasteiger partial charge is 0.238 e. The number of fused-ring (bicyclic) bond motifs is 1. The van der Waals surface area contributed by atoms with Crippen molar-refractivity contribution in [1.29, 1.82) is 0 Å². The summed E-state index contributed by atoms with van der Waals surface area (Å²) in [6, 6.07) is 6.61. The summed E-state index contributed by atoms with van der Waals surface area (Å²) in [6.07, 6.45) is 9.09. The summed E-state index contributed by atoms with van der Waals surface area (Å²) in [6.45, 7) is 3.11. The largest absolute Gasteiger partial charge is 0.368 e. The number of amides is 2. The van der Waals surface area contributed by atoms with Crippen molar-refractivity contribution >= 4 is 23.3 Å². The van der Waals surface area contributed by atoms with E-state index in [1.165, 1.54) is 6.07 Å². The Kier molecular flexibility index (Phi) is 7.16. The van der Waals surface area contributed by atoms with Crippen molar-refractivity contribution in [3.8, 4) is 0 Å². The zero-order valence-electron chi connectivity index (χ0n) is 21.8. The van der Waals surface area contributed by atoms with Crippen molar-refractivity contribution < 1.29 is 14.0 Å². The number of hydrogen-bond acceptors (Lipinski definition) is 6. The van der Waals surface area contributed by atoms with Crippen molar-refractivity contribution in [3.63, 3.8) is 0 Å². The summed E-state index contributed by atoms with van der Waals surface area (Å²) in [7, 11) is 1.71. The van der Waals surface area contributed by atoms with Gasteiger partial charge in [0.05, 0.1) is 17.7 Å². The highest BCUT2D eigenvalue weighted by atomic mass is 19.1. The van der Waals surface area contributed by atoms with Crippen molar-refractivity contribution in [3.05, 3.63) is 47.7 Å². The summed E-state index contributed by atoms with van der Waals surface area (Å²) in [5, 5.41) is 3.11. The topological polar surface area (TPSA) is 104 Å². The normalized spacial score (nSPS) is 22.5. The molecule has 8 nitrogen and oxygen atoms in total. The molecule has 0 radical (unpaired) electrons. The van der Waals surface area contributed by atoms with Gasteiger partial charge >= 0.3 is 0 Å². The van der Waals surface area contributed by atoms with E-state index >= 15 is 0 Å². The molecule has 0 spiro atoms. The molecule has 1 aromatic heterocycles. The molecule has 3 N–H and O–H groups in total. The highest BCUT2D eigenvalue weighted by Gasteiger charge is 2.50. The highest BCUT2D eigenvalue weighted by molar-refractivity contribution is 5.93. The maximum atomic E-state index is 14.3.